The van der Waals surface area contributed by atoms with Crippen LogP contribution in [0.3, 0.4) is 0 Å². The molecule has 0 spiro atoms. The van der Waals surface area contributed by atoms with Gasteiger partial charge in [-0.15, -0.1) is 0 Å². The summed E-state index contributed by atoms with van der Waals surface area (Å²) >= 11 is 0. The van der Waals surface area contributed by atoms with Gasteiger partial charge in [-0.3, -0.25) is 4.79 Å². The third-order valence-electron chi connectivity index (χ3n) is 4.07. The van der Waals surface area contributed by atoms with Crippen molar-refractivity contribution in [1.29, 1.82) is 0 Å². The van der Waals surface area contributed by atoms with Crippen LogP contribution in [-0.2, 0) is 9.53 Å². The van der Waals surface area contributed by atoms with Crippen molar-refractivity contribution in [2.24, 2.45) is 0 Å². The number of methoxy groups -OCH3 is 1. The van der Waals surface area contributed by atoms with Crippen molar-refractivity contribution < 1.29 is 19.1 Å². The maximum Gasteiger partial charge on any atom is 0.338 e. The molecule has 0 saturated carbocycles. The molecule has 1 amide bonds. The molecule has 0 heterocycles. The molecule has 132 valence electrons. The third-order valence-corrected chi connectivity index (χ3v) is 4.07. The lowest BCUT2D eigenvalue weighted by Crippen LogP contribution is -2.31. The Labute approximate surface area is 148 Å². The van der Waals surface area contributed by atoms with Gasteiger partial charge in [0.05, 0.1) is 18.7 Å². The first-order valence-electron chi connectivity index (χ1n) is 8.08. The van der Waals surface area contributed by atoms with Crippen LogP contribution in [0.15, 0.2) is 42.5 Å². The van der Waals surface area contributed by atoms with Gasteiger partial charge in [0.2, 0.25) is 0 Å². The van der Waals surface area contributed by atoms with E-state index < -0.39 is 5.97 Å². The van der Waals surface area contributed by atoms with Crippen molar-refractivity contribution >= 4 is 11.9 Å². The number of aryl methyl sites for hydroxylation is 2. The molecular formula is C20H23NO4. The first-order valence-corrected chi connectivity index (χ1v) is 8.08. The highest BCUT2D eigenvalue weighted by molar-refractivity contribution is 5.91. The second kappa shape index (κ2) is 8.33. The second-order valence-electron chi connectivity index (χ2n) is 5.94. The molecule has 2 aromatic rings. The average Bonchev–Trinajstić information content (AvgIpc) is 2.62. The predicted octanol–water partition coefficient (Wildman–Crippen LogP) is 3.35. The molecule has 1 unspecified atom stereocenters. The fraction of sp³-hybridized carbons (Fsp3) is 0.300. The third kappa shape index (κ3) is 5.08. The van der Waals surface area contributed by atoms with E-state index in [1.165, 1.54) is 0 Å². The van der Waals surface area contributed by atoms with Crippen molar-refractivity contribution in [2.75, 3.05) is 13.7 Å². The maximum absolute atomic E-state index is 12.0. The first-order chi connectivity index (χ1) is 11.9. The zero-order valence-electron chi connectivity index (χ0n) is 15.0. The summed E-state index contributed by atoms with van der Waals surface area (Å²) in [5, 5.41) is 2.80. The number of amides is 1. The molecule has 1 N–H and O–H groups in total. The Kier molecular flexibility index (Phi) is 6.17. The summed E-state index contributed by atoms with van der Waals surface area (Å²) in [5.41, 5.74) is 3.49. The molecule has 0 saturated heterocycles. The normalized spacial score (nSPS) is 11.5. The summed E-state index contributed by atoms with van der Waals surface area (Å²) in [6.45, 7) is 5.45. The molecule has 0 aliphatic carbocycles. The zero-order valence-corrected chi connectivity index (χ0v) is 15.0. The SMILES string of the molecule is COc1ccc(C(C)NC(=O)COC(=O)c2ccc(C)c(C)c2)cc1. The summed E-state index contributed by atoms with van der Waals surface area (Å²) in [4.78, 5) is 24.0. The van der Waals surface area contributed by atoms with Crippen molar-refractivity contribution in [3.63, 3.8) is 0 Å². The Bertz CT molecular complexity index is 753. The van der Waals surface area contributed by atoms with Gasteiger partial charge in [0, 0.05) is 0 Å². The Morgan fingerprint density at radius 1 is 1.04 bits per heavy atom. The molecule has 0 fully saturated rings. The van der Waals surface area contributed by atoms with Gasteiger partial charge < -0.3 is 14.8 Å². The summed E-state index contributed by atoms with van der Waals surface area (Å²) in [5.74, 6) is -0.0968. The van der Waals surface area contributed by atoms with E-state index >= 15 is 0 Å². The highest BCUT2D eigenvalue weighted by Gasteiger charge is 2.13. The van der Waals surface area contributed by atoms with Crippen LogP contribution >= 0.6 is 0 Å². The Morgan fingerprint density at radius 3 is 2.32 bits per heavy atom. The highest BCUT2D eigenvalue weighted by atomic mass is 16.5. The molecule has 0 bridgehead atoms. The standard InChI is InChI=1S/C20H23NO4/c1-13-5-6-17(11-14(13)2)20(23)25-12-19(22)21-15(3)16-7-9-18(24-4)10-8-16/h5-11,15H,12H2,1-4H3,(H,21,22). The number of nitrogens with one attached hydrogen (secondary N) is 1. The average molecular weight is 341 g/mol. The van der Waals surface area contributed by atoms with E-state index in [-0.39, 0.29) is 18.6 Å². The molecule has 0 aliphatic rings. The Balaban J connectivity index is 1.86. The fourth-order valence-electron chi connectivity index (χ4n) is 2.34. The number of ether oxygens (including phenoxy) is 2. The van der Waals surface area contributed by atoms with Crippen molar-refractivity contribution in [2.45, 2.75) is 26.8 Å². The van der Waals surface area contributed by atoms with Gasteiger partial charge in [-0.05, 0) is 61.7 Å². The number of hydrogen-bond acceptors (Lipinski definition) is 4. The summed E-state index contributed by atoms with van der Waals surface area (Å²) in [7, 11) is 1.60. The van der Waals surface area contributed by atoms with Gasteiger partial charge in [0.25, 0.3) is 5.91 Å². The van der Waals surface area contributed by atoms with Crippen molar-refractivity contribution in [3.8, 4) is 5.75 Å². The number of hydrogen-bond donors (Lipinski definition) is 1. The van der Waals surface area contributed by atoms with Gasteiger partial charge in [0.15, 0.2) is 6.61 Å². The van der Waals surface area contributed by atoms with Gasteiger partial charge in [-0.2, -0.15) is 0 Å². The molecule has 2 aromatic carbocycles. The molecule has 0 radical (unpaired) electrons. The first kappa shape index (κ1) is 18.5. The van der Waals surface area contributed by atoms with Crippen LogP contribution in [0.4, 0.5) is 0 Å². The molecule has 5 heteroatoms. The molecule has 25 heavy (non-hydrogen) atoms. The predicted molar refractivity (Wildman–Crippen MR) is 95.8 cm³/mol. The second-order valence-corrected chi connectivity index (χ2v) is 5.94. The van der Waals surface area contributed by atoms with Gasteiger partial charge in [-0.1, -0.05) is 18.2 Å². The summed E-state index contributed by atoms with van der Waals surface area (Å²) < 4.78 is 10.2. The van der Waals surface area contributed by atoms with Gasteiger partial charge >= 0.3 is 5.97 Å². The van der Waals surface area contributed by atoms with Crippen molar-refractivity contribution in [3.05, 3.63) is 64.7 Å². The van der Waals surface area contributed by atoms with E-state index in [0.717, 1.165) is 22.4 Å². The maximum atomic E-state index is 12.0. The number of rotatable bonds is 6. The number of benzene rings is 2. The van der Waals surface area contributed by atoms with E-state index in [9.17, 15) is 9.59 Å². The zero-order chi connectivity index (χ0) is 18.4. The largest absolute Gasteiger partial charge is 0.497 e. The number of carbonyl (C=O) groups excluding carboxylic acids is 2. The van der Waals surface area contributed by atoms with Crippen LogP contribution in [-0.4, -0.2) is 25.6 Å². The lowest BCUT2D eigenvalue weighted by Gasteiger charge is -2.15. The minimum absolute atomic E-state index is 0.196. The minimum atomic E-state index is -0.504. The van der Waals surface area contributed by atoms with E-state index in [2.05, 4.69) is 5.32 Å². The van der Waals surface area contributed by atoms with Crippen LogP contribution < -0.4 is 10.1 Å². The highest BCUT2D eigenvalue weighted by Crippen LogP contribution is 2.17. The Hall–Kier alpha value is -2.82. The van der Waals surface area contributed by atoms with E-state index in [1.807, 2.05) is 51.1 Å². The van der Waals surface area contributed by atoms with Crippen molar-refractivity contribution in [1.82, 2.24) is 5.32 Å². The van der Waals surface area contributed by atoms with Crippen LogP contribution in [0.1, 0.15) is 40.0 Å². The number of carbonyl (C=O) groups is 2. The van der Waals surface area contributed by atoms with Crippen LogP contribution in [0.5, 0.6) is 5.75 Å². The topological polar surface area (TPSA) is 64.6 Å². The van der Waals surface area contributed by atoms with Crippen LogP contribution in [0.2, 0.25) is 0 Å². The van der Waals surface area contributed by atoms with Crippen LogP contribution in [0, 0.1) is 13.8 Å². The summed E-state index contributed by atoms with van der Waals surface area (Å²) in [6.07, 6.45) is 0. The lowest BCUT2D eigenvalue weighted by atomic mass is 10.1. The van der Waals surface area contributed by atoms with E-state index in [0.29, 0.717) is 5.56 Å². The fourth-order valence-corrected chi connectivity index (χ4v) is 2.34. The summed E-state index contributed by atoms with van der Waals surface area (Å²) in [6, 6.07) is 12.5. The number of esters is 1. The molecule has 2 rings (SSSR count). The monoisotopic (exact) mass is 341 g/mol. The Morgan fingerprint density at radius 2 is 1.72 bits per heavy atom. The van der Waals surface area contributed by atoms with E-state index in [1.54, 1.807) is 19.2 Å². The van der Waals surface area contributed by atoms with Gasteiger partial charge in [-0.25, -0.2) is 4.79 Å². The molecule has 0 aromatic heterocycles. The van der Waals surface area contributed by atoms with Gasteiger partial charge in [0.1, 0.15) is 5.75 Å². The quantitative estimate of drug-likeness (QED) is 0.819. The minimum Gasteiger partial charge on any atom is -0.497 e. The lowest BCUT2D eigenvalue weighted by molar-refractivity contribution is -0.124. The smallest absolute Gasteiger partial charge is 0.338 e. The van der Waals surface area contributed by atoms with E-state index in [4.69, 9.17) is 9.47 Å². The molecular weight excluding hydrogens is 318 g/mol. The molecule has 1 atom stereocenters. The molecule has 5 nitrogen and oxygen atoms in total. The van der Waals surface area contributed by atoms with Crippen LogP contribution in [0.25, 0.3) is 0 Å². The molecule has 0 aliphatic heterocycles.